The molecule has 0 aliphatic carbocycles. The summed E-state index contributed by atoms with van der Waals surface area (Å²) in [6.07, 6.45) is 0.426. The van der Waals surface area contributed by atoms with Gasteiger partial charge in [0.2, 0.25) is 11.8 Å². The van der Waals surface area contributed by atoms with E-state index in [4.69, 9.17) is 0 Å². The van der Waals surface area contributed by atoms with Gasteiger partial charge in [-0.15, -0.1) is 0 Å². The van der Waals surface area contributed by atoms with Crippen LogP contribution in [0.1, 0.15) is 18.9 Å². The minimum atomic E-state index is -0.133. The van der Waals surface area contributed by atoms with Crippen LogP contribution in [0.2, 0.25) is 0 Å². The van der Waals surface area contributed by atoms with E-state index in [1.165, 1.54) is 0 Å². The highest BCUT2D eigenvalue weighted by Crippen LogP contribution is 2.20. The van der Waals surface area contributed by atoms with Gasteiger partial charge in [0.15, 0.2) is 0 Å². The maximum Gasteiger partial charge on any atom is 0.244 e. The summed E-state index contributed by atoms with van der Waals surface area (Å²) < 4.78 is 0. The minimum Gasteiger partial charge on any atom is -0.329 e. The molecular weight excluding hydrogens is 204 g/mol. The number of fused-ring (bicyclic) bond motifs is 1. The molecule has 0 bridgehead atoms. The lowest BCUT2D eigenvalue weighted by molar-refractivity contribution is -0.134. The Labute approximate surface area is 94.2 Å². The largest absolute Gasteiger partial charge is 0.329 e. The van der Waals surface area contributed by atoms with Crippen molar-refractivity contribution in [3.63, 3.8) is 0 Å². The standard InChI is InChI=1S/C12H14N2O2/c1-2-12(16)14-7-9-5-3-4-6-10(9)13-11(15)8-14/h3-6H,2,7-8H2,1H3,(H,13,15). The molecule has 4 nitrogen and oxygen atoms in total. The number of benzene rings is 1. The van der Waals surface area contributed by atoms with Gasteiger partial charge in [-0.05, 0) is 11.6 Å². The summed E-state index contributed by atoms with van der Waals surface area (Å²) in [5.74, 6) is -0.126. The van der Waals surface area contributed by atoms with E-state index < -0.39 is 0 Å². The van der Waals surface area contributed by atoms with Crippen molar-refractivity contribution in [2.45, 2.75) is 19.9 Å². The fraction of sp³-hybridized carbons (Fsp3) is 0.333. The summed E-state index contributed by atoms with van der Waals surface area (Å²) >= 11 is 0. The average Bonchev–Trinajstić information content (AvgIpc) is 2.45. The number of carbonyl (C=O) groups is 2. The summed E-state index contributed by atoms with van der Waals surface area (Å²) in [5, 5.41) is 2.80. The first-order valence-electron chi connectivity index (χ1n) is 5.36. The van der Waals surface area contributed by atoms with Gasteiger partial charge in [0.1, 0.15) is 6.54 Å². The molecule has 0 radical (unpaired) electrons. The van der Waals surface area contributed by atoms with Crippen molar-refractivity contribution in [2.24, 2.45) is 0 Å². The van der Waals surface area contributed by atoms with Crippen molar-refractivity contribution in [1.29, 1.82) is 0 Å². The molecule has 2 amide bonds. The molecule has 1 aromatic rings. The lowest BCUT2D eigenvalue weighted by atomic mass is 10.1. The zero-order valence-electron chi connectivity index (χ0n) is 9.19. The molecule has 84 valence electrons. The maximum absolute atomic E-state index is 11.6. The molecule has 1 aliphatic rings. The summed E-state index contributed by atoms with van der Waals surface area (Å²) in [5.41, 5.74) is 1.79. The van der Waals surface area contributed by atoms with Crippen LogP contribution in [-0.4, -0.2) is 23.3 Å². The van der Waals surface area contributed by atoms with Gasteiger partial charge in [0.25, 0.3) is 0 Å². The molecule has 4 heteroatoms. The highest BCUT2D eigenvalue weighted by molar-refractivity contribution is 5.96. The first-order chi connectivity index (χ1) is 7.70. The second-order valence-corrected chi connectivity index (χ2v) is 3.81. The Kier molecular flexibility index (Phi) is 2.90. The zero-order valence-corrected chi connectivity index (χ0v) is 9.19. The van der Waals surface area contributed by atoms with E-state index >= 15 is 0 Å². The molecule has 0 unspecified atom stereocenters. The van der Waals surface area contributed by atoms with E-state index in [9.17, 15) is 9.59 Å². The van der Waals surface area contributed by atoms with Crippen molar-refractivity contribution < 1.29 is 9.59 Å². The predicted octanol–water partition coefficient (Wildman–Crippen LogP) is 1.38. The molecule has 16 heavy (non-hydrogen) atoms. The lowest BCUT2D eigenvalue weighted by Crippen LogP contribution is -2.34. The van der Waals surface area contributed by atoms with Crippen molar-refractivity contribution in [3.05, 3.63) is 29.8 Å². The van der Waals surface area contributed by atoms with Gasteiger partial charge in [0.05, 0.1) is 0 Å². The van der Waals surface area contributed by atoms with E-state index in [2.05, 4.69) is 5.32 Å². The van der Waals surface area contributed by atoms with Crippen LogP contribution in [-0.2, 0) is 16.1 Å². The molecule has 0 saturated heterocycles. The van der Waals surface area contributed by atoms with Crippen LogP contribution in [0.25, 0.3) is 0 Å². The number of hydrogen-bond acceptors (Lipinski definition) is 2. The van der Waals surface area contributed by atoms with Gasteiger partial charge in [-0.1, -0.05) is 25.1 Å². The predicted molar refractivity (Wildman–Crippen MR) is 60.8 cm³/mol. The molecular formula is C12H14N2O2. The first kappa shape index (κ1) is 10.7. The number of anilines is 1. The second kappa shape index (κ2) is 4.35. The van der Waals surface area contributed by atoms with Gasteiger partial charge in [-0.25, -0.2) is 0 Å². The van der Waals surface area contributed by atoms with Crippen molar-refractivity contribution >= 4 is 17.5 Å². The summed E-state index contributed by atoms with van der Waals surface area (Å²) in [6.45, 7) is 2.44. The van der Waals surface area contributed by atoms with Gasteiger partial charge in [0, 0.05) is 18.7 Å². The number of para-hydroxylation sites is 1. The van der Waals surface area contributed by atoms with Crippen LogP contribution in [0.5, 0.6) is 0 Å². The molecule has 0 saturated carbocycles. The Morgan fingerprint density at radius 3 is 2.88 bits per heavy atom. The quantitative estimate of drug-likeness (QED) is 0.774. The highest BCUT2D eigenvalue weighted by atomic mass is 16.2. The van der Waals surface area contributed by atoms with Crippen molar-refractivity contribution in [2.75, 3.05) is 11.9 Å². The Balaban J connectivity index is 2.30. The zero-order chi connectivity index (χ0) is 11.5. The fourth-order valence-electron chi connectivity index (χ4n) is 1.80. The Bertz CT molecular complexity index is 429. The van der Waals surface area contributed by atoms with Crippen LogP contribution in [0, 0.1) is 0 Å². The number of carbonyl (C=O) groups excluding carboxylic acids is 2. The number of amides is 2. The van der Waals surface area contributed by atoms with Gasteiger partial charge in [-0.2, -0.15) is 0 Å². The van der Waals surface area contributed by atoms with Crippen LogP contribution >= 0.6 is 0 Å². The summed E-state index contributed by atoms with van der Waals surface area (Å²) in [6, 6.07) is 7.56. The number of rotatable bonds is 1. The maximum atomic E-state index is 11.6. The van der Waals surface area contributed by atoms with Crippen LogP contribution in [0.4, 0.5) is 5.69 Å². The average molecular weight is 218 g/mol. The molecule has 0 atom stereocenters. The van der Waals surface area contributed by atoms with Crippen LogP contribution < -0.4 is 5.32 Å². The van der Waals surface area contributed by atoms with E-state index in [1.54, 1.807) is 11.8 Å². The van der Waals surface area contributed by atoms with E-state index in [-0.39, 0.29) is 18.4 Å². The van der Waals surface area contributed by atoms with Crippen molar-refractivity contribution in [3.8, 4) is 0 Å². The topological polar surface area (TPSA) is 49.4 Å². The van der Waals surface area contributed by atoms with Crippen LogP contribution in [0.3, 0.4) is 0 Å². The molecule has 1 heterocycles. The molecule has 1 aliphatic heterocycles. The smallest absolute Gasteiger partial charge is 0.244 e. The molecule has 0 aromatic heterocycles. The lowest BCUT2D eigenvalue weighted by Gasteiger charge is -2.18. The summed E-state index contributed by atoms with van der Waals surface area (Å²) in [4.78, 5) is 24.8. The van der Waals surface area contributed by atoms with Crippen LogP contribution in [0.15, 0.2) is 24.3 Å². The molecule has 0 spiro atoms. The third-order valence-corrected chi connectivity index (χ3v) is 2.64. The minimum absolute atomic E-state index is 0.00635. The highest BCUT2D eigenvalue weighted by Gasteiger charge is 2.21. The van der Waals surface area contributed by atoms with Gasteiger partial charge >= 0.3 is 0 Å². The van der Waals surface area contributed by atoms with E-state index in [1.807, 2.05) is 24.3 Å². The monoisotopic (exact) mass is 218 g/mol. The number of hydrogen-bond donors (Lipinski definition) is 1. The van der Waals surface area contributed by atoms with E-state index in [0.29, 0.717) is 13.0 Å². The Morgan fingerprint density at radius 2 is 2.12 bits per heavy atom. The third-order valence-electron chi connectivity index (χ3n) is 2.64. The molecule has 2 rings (SSSR count). The molecule has 1 aromatic carbocycles. The number of nitrogens with one attached hydrogen (secondary N) is 1. The normalized spacial score (nSPS) is 15.1. The second-order valence-electron chi connectivity index (χ2n) is 3.81. The van der Waals surface area contributed by atoms with Crippen molar-refractivity contribution in [1.82, 2.24) is 4.90 Å². The Morgan fingerprint density at radius 1 is 1.38 bits per heavy atom. The number of nitrogens with zero attached hydrogens (tertiary/aromatic N) is 1. The fourth-order valence-corrected chi connectivity index (χ4v) is 1.80. The first-order valence-corrected chi connectivity index (χ1v) is 5.36. The third kappa shape index (κ3) is 2.05. The SMILES string of the molecule is CCC(=O)N1CC(=O)Nc2ccccc2C1. The molecule has 1 N–H and O–H groups in total. The summed E-state index contributed by atoms with van der Waals surface area (Å²) in [7, 11) is 0. The van der Waals surface area contributed by atoms with Gasteiger partial charge < -0.3 is 10.2 Å². The van der Waals surface area contributed by atoms with E-state index in [0.717, 1.165) is 11.3 Å². The Hall–Kier alpha value is -1.84. The van der Waals surface area contributed by atoms with Gasteiger partial charge in [-0.3, -0.25) is 9.59 Å². The molecule has 0 fully saturated rings.